The Labute approximate surface area is 99.6 Å². The lowest BCUT2D eigenvalue weighted by atomic mass is 10.3. The maximum Gasteiger partial charge on any atom is 0.210 e. The van der Waals surface area contributed by atoms with Gasteiger partial charge in [0.1, 0.15) is 5.75 Å². The van der Waals surface area contributed by atoms with Crippen molar-refractivity contribution < 1.29 is 4.74 Å². The Kier molecular flexibility index (Phi) is 3.17. The van der Waals surface area contributed by atoms with Crippen molar-refractivity contribution in [3.05, 3.63) is 29.0 Å². The van der Waals surface area contributed by atoms with Gasteiger partial charge < -0.3 is 10.1 Å². The van der Waals surface area contributed by atoms with E-state index in [0.717, 1.165) is 16.6 Å². The number of rotatable bonds is 3. The van der Waals surface area contributed by atoms with E-state index < -0.39 is 0 Å². The van der Waals surface area contributed by atoms with Crippen molar-refractivity contribution in [1.82, 2.24) is 9.36 Å². The molecule has 6 heteroatoms. The Bertz CT molecular complexity index is 443. The van der Waals surface area contributed by atoms with Crippen molar-refractivity contribution in [3.63, 3.8) is 0 Å². The zero-order chi connectivity index (χ0) is 10.7. The zero-order valence-corrected chi connectivity index (χ0v) is 10.3. The molecule has 0 spiro atoms. The third-order valence-corrected chi connectivity index (χ3v) is 2.96. The fourth-order valence-corrected chi connectivity index (χ4v) is 2.06. The summed E-state index contributed by atoms with van der Waals surface area (Å²) in [5.74, 6) is 0.832. The molecule has 1 heterocycles. The predicted molar refractivity (Wildman–Crippen MR) is 63.9 cm³/mol. The molecule has 0 fully saturated rings. The van der Waals surface area contributed by atoms with Crippen LogP contribution >= 0.6 is 27.5 Å². The summed E-state index contributed by atoms with van der Waals surface area (Å²) in [4.78, 5) is 4.13. The Morgan fingerprint density at radius 3 is 2.60 bits per heavy atom. The van der Waals surface area contributed by atoms with Crippen LogP contribution in [0.2, 0.25) is 0 Å². The Morgan fingerprint density at radius 2 is 2.07 bits per heavy atom. The van der Waals surface area contributed by atoms with E-state index in [4.69, 9.17) is 4.74 Å². The first kappa shape index (κ1) is 10.4. The van der Waals surface area contributed by atoms with Crippen LogP contribution in [0.4, 0.5) is 10.8 Å². The van der Waals surface area contributed by atoms with Crippen molar-refractivity contribution in [2.45, 2.75) is 0 Å². The van der Waals surface area contributed by atoms with Gasteiger partial charge in [-0.2, -0.15) is 9.36 Å². The largest absolute Gasteiger partial charge is 0.497 e. The highest BCUT2D eigenvalue weighted by Crippen LogP contribution is 2.22. The number of nitrogens with one attached hydrogen (secondary N) is 1. The van der Waals surface area contributed by atoms with Gasteiger partial charge in [0.2, 0.25) is 9.87 Å². The minimum atomic E-state index is 0.600. The van der Waals surface area contributed by atoms with Crippen LogP contribution in [-0.4, -0.2) is 16.5 Å². The van der Waals surface area contributed by atoms with Crippen molar-refractivity contribution >= 4 is 38.3 Å². The third-order valence-electron chi connectivity index (χ3n) is 1.74. The lowest BCUT2D eigenvalue weighted by Gasteiger charge is -2.03. The molecule has 0 saturated heterocycles. The van der Waals surface area contributed by atoms with Gasteiger partial charge in [-0.15, -0.1) is 0 Å². The topological polar surface area (TPSA) is 47.0 Å². The molecule has 0 atom stereocenters. The van der Waals surface area contributed by atoms with Crippen LogP contribution in [0.3, 0.4) is 0 Å². The smallest absolute Gasteiger partial charge is 0.210 e. The van der Waals surface area contributed by atoms with Gasteiger partial charge in [-0.1, -0.05) is 0 Å². The van der Waals surface area contributed by atoms with Crippen LogP contribution < -0.4 is 10.1 Å². The molecule has 0 radical (unpaired) electrons. The van der Waals surface area contributed by atoms with E-state index in [9.17, 15) is 0 Å². The number of hydrogen-bond acceptors (Lipinski definition) is 5. The summed E-state index contributed by atoms with van der Waals surface area (Å²) in [5.41, 5.74) is 0.958. The van der Waals surface area contributed by atoms with E-state index >= 15 is 0 Å². The number of hydrogen-bond donors (Lipinski definition) is 1. The summed E-state index contributed by atoms with van der Waals surface area (Å²) in [7, 11) is 1.64. The lowest BCUT2D eigenvalue weighted by molar-refractivity contribution is 0.415. The third kappa shape index (κ3) is 2.66. The van der Waals surface area contributed by atoms with E-state index in [1.165, 1.54) is 11.5 Å². The SMILES string of the molecule is COc1ccc(Nc2nc(Br)ns2)cc1. The molecule has 0 aliphatic heterocycles. The van der Waals surface area contributed by atoms with Crippen molar-refractivity contribution in [3.8, 4) is 5.75 Å². The first-order chi connectivity index (χ1) is 7.28. The highest BCUT2D eigenvalue weighted by atomic mass is 79.9. The molecular formula is C9H8BrN3OS. The highest BCUT2D eigenvalue weighted by Gasteiger charge is 2.01. The van der Waals surface area contributed by atoms with Crippen molar-refractivity contribution in [2.75, 3.05) is 12.4 Å². The van der Waals surface area contributed by atoms with E-state index in [2.05, 4.69) is 30.6 Å². The number of ether oxygens (including phenoxy) is 1. The maximum atomic E-state index is 5.06. The molecule has 4 nitrogen and oxygen atoms in total. The monoisotopic (exact) mass is 285 g/mol. The fourth-order valence-electron chi connectivity index (χ4n) is 1.05. The van der Waals surface area contributed by atoms with Crippen LogP contribution in [0.25, 0.3) is 0 Å². The summed E-state index contributed by atoms with van der Waals surface area (Å²) >= 11 is 4.50. The van der Waals surface area contributed by atoms with E-state index in [1.54, 1.807) is 7.11 Å². The van der Waals surface area contributed by atoms with Gasteiger partial charge in [0.05, 0.1) is 7.11 Å². The molecule has 0 bridgehead atoms. The second-order valence-corrected chi connectivity index (χ2v) is 4.18. The number of anilines is 2. The highest BCUT2D eigenvalue weighted by molar-refractivity contribution is 9.10. The summed E-state index contributed by atoms with van der Waals surface area (Å²) in [6, 6.07) is 7.62. The number of aromatic nitrogens is 2. The molecular weight excluding hydrogens is 278 g/mol. The molecule has 0 saturated carbocycles. The number of nitrogens with zero attached hydrogens (tertiary/aromatic N) is 2. The van der Waals surface area contributed by atoms with Crippen molar-refractivity contribution in [2.24, 2.45) is 0 Å². The summed E-state index contributed by atoms with van der Waals surface area (Å²) in [6.45, 7) is 0. The maximum absolute atomic E-state index is 5.06. The zero-order valence-electron chi connectivity index (χ0n) is 7.90. The molecule has 1 aromatic heterocycles. The van der Waals surface area contributed by atoms with Gasteiger partial charge in [-0.25, -0.2) is 0 Å². The normalized spacial score (nSPS) is 10.0. The second kappa shape index (κ2) is 4.59. The van der Waals surface area contributed by atoms with E-state index in [-0.39, 0.29) is 0 Å². The van der Waals surface area contributed by atoms with Gasteiger partial charge in [-0.3, -0.25) is 0 Å². The molecule has 0 aliphatic carbocycles. The Hall–Kier alpha value is -1.14. The molecule has 1 N–H and O–H groups in total. The predicted octanol–water partition coefficient (Wildman–Crippen LogP) is 3.05. The minimum absolute atomic E-state index is 0.600. The van der Waals surface area contributed by atoms with Crippen molar-refractivity contribution in [1.29, 1.82) is 0 Å². The van der Waals surface area contributed by atoms with Gasteiger partial charge in [-0.05, 0) is 40.2 Å². The average Bonchev–Trinajstić information content (AvgIpc) is 2.65. The molecule has 0 aliphatic rings. The van der Waals surface area contributed by atoms with Gasteiger partial charge >= 0.3 is 0 Å². The first-order valence-electron chi connectivity index (χ1n) is 4.18. The molecule has 1 aromatic carbocycles. The summed E-state index contributed by atoms with van der Waals surface area (Å²) < 4.78 is 9.67. The number of benzene rings is 1. The van der Waals surface area contributed by atoms with Crippen LogP contribution in [-0.2, 0) is 0 Å². The first-order valence-corrected chi connectivity index (χ1v) is 5.75. The minimum Gasteiger partial charge on any atom is -0.497 e. The molecule has 15 heavy (non-hydrogen) atoms. The molecule has 2 aromatic rings. The molecule has 78 valence electrons. The number of halogens is 1. The molecule has 0 unspecified atom stereocenters. The van der Waals surface area contributed by atoms with E-state index in [1.807, 2.05) is 24.3 Å². The summed E-state index contributed by atoms with van der Waals surface area (Å²) in [6.07, 6.45) is 0. The lowest BCUT2D eigenvalue weighted by Crippen LogP contribution is -1.89. The van der Waals surface area contributed by atoms with Crippen LogP contribution in [0.5, 0.6) is 5.75 Å². The van der Waals surface area contributed by atoms with Gasteiger partial charge in [0, 0.05) is 17.2 Å². The molecule has 2 rings (SSSR count). The fraction of sp³-hybridized carbons (Fsp3) is 0.111. The summed E-state index contributed by atoms with van der Waals surface area (Å²) in [5, 5.41) is 3.89. The van der Waals surface area contributed by atoms with Gasteiger partial charge in [0.15, 0.2) is 0 Å². The second-order valence-electron chi connectivity index (χ2n) is 2.72. The van der Waals surface area contributed by atoms with Crippen LogP contribution in [0.15, 0.2) is 29.0 Å². The van der Waals surface area contributed by atoms with Crippen LogP contribution in [0, 0.1) is 0 Å². The van der Waals surface area contributed by atoms with E-state index in [0.29, 0.717) is 4.73 Å². The Morgan fingerprint density at radius 1 is 1.33 bits per heavy atom. The van der Waals surface area contributed by atoms with Crippen LogP contribution in [0.1, 0.15) is 0 Å². The van der Waals surface area contributed by atoms with Gasteiger partial charge in [0.25, 0.3) is 0 Å². The average molecular weight is 286 g/mol. The Balaban J connectivity index is 2.11. The number of methoxy groups -OCH3 is 1. The quantitative estimate of drug-likeness (QED) is 0.942. The standard InChI is InChI=1S/C9H8BrN3OS/c1-14-7-4-2-6(3-5-7)11-9-12-8(10)13-15-9/h2-5H,1H3,(H,11,12,13). The molecule has 0 amide bonds.